The van der Waals surface area contributed by atoms with Crippen LogP contribution in [0.25, 0.3) is 0 Å². The molecule has 0 radical (unpaired) electrons. The molecule has 1 rings (SSSR count). The molecule has 0 saturated carbocycles. The second kappa shape index (κ2) is 7.59. The standard InChI is InChI=1S/C14H19NO2/c1-4-6-9-17-14-8-7-13(16-3)10-12(14)11-15-5-2/h7-8,10,15H,5,9,11H2,1-3H3. The van der Waals surface area contributed by atoms with Gasteiger partial charge in [-0.15, -0.1) is 5.92 Å². The summed E-state index contributed by atoms with van der Waals surface area (Å²) in [5.74, 6) is 7.39. The molecule has 3 nitrogen and oxygen atoms in total. The van der Waals surface area contributed by atoms with Crippen molar-refractivity contribution in [3.05, 3.63) is 23.8 Å². The van der Waals surface area contributed by atoms with Gasteiger partial charge in [-0.1, -0.05) is 12.8 Å². The smallest absolute Gasteiger partial charge is 0.149 e. The van der Waals surface area contributed by atoms with E-state index in [1.54, 1.807) is 14.0 Å². The van der Waals surface area contributed by atoms with Crippen LogP contribution in [0.4, 0.5) is 0 Å². The highest BCUT2D eigenvalue weighted by Crippen LogP contribution is 2.24. The molecule has 0 unspecified atom stereocenters. The summed E-state index contributed by atoms with van der Waals surface area (Å²) in [5.41, 5.74) is 1.09. The molecule has 1 N–H and O–H groups in total. The Morgan fingerprint density at radius 3 is 2.82 bits per heavy atom. The highest BCUT2D eigenvalue weighted by atomic mass is 16.5. The van der Waals surface area contributed by atoms with Gasteiger partial charge in [0.15, 0.2) is 0 Å². The van der Waals surface area contributed by atoms with Gasteiger partial charge in [0.2, 0.25) is 0 Å². The molecule has 0 fully saturated rings. The van der Waals surface area contributed by atoms with Gasteiger partial charge in [-0.2, -0.15) is 0 Å². The summed E-state index contributed by atoms with van der Waals surface area (Å²) in [6.07, 6.45) is 0. The molecule has 0 aliphatic carbocycles. The number of benzene rings is 1. The molecule has 0 bridgehead atoms. The highest BCUT2D eigenvalue weighted by Gasteiger charge is 2.04. The zero-order valence-electron chi connectivity index (χ0n) is 10.7. The van der Waals surface area contributed by atoms with E-state index in [4.69, 9.17) is 9.47 Å². The van der Waals surface area contributed by atoms with Crippen LogP contribution in [-0.2, 0) is 6.54 Å². The fraction of sp³-hybridized carbons (Fsp3) is 0.429. The van der Waals surface area contributed by atoms with Gasteiger partial charge in [-0.05, 0) is 31.7 Å². The minimum atomic E-state index is 0.419. The maximum atomic E-state index is 5.60. The summed E-state index contributed by atoms with van der Waals surface area (Å²) in [6.45, 7) is 5.98. The van der Waals surface area contributed by atoms with Crippen molar-refractivity contribution in [2.75, 3.05) is 20.3 Å². The van der Waals surface area contributed by atoms with Crippen LogP contribution in [0.5, 0.6) is 11.5 Å². The van der Waals surface area contributed by atoms with Gasteiger partial charge in [0.25, 0.3) is 0 Å². The van der Waals surface area contributed by atoms with E-state index >= 15 is 0 Å². The van der Waals surface area contributed by atoms with Crippen molar-refractivity contribution >= 4 is 0 Å². The first-order valence-electron chi connectivity index (χ1n) is 5.71. The average molecular weight is 233 g/mol. The Morgan fingerprint density at radius 1 is 1.35 bits per heavy atom. The molecule has 0 amide bonds. The van der Waals surface area contributed by atoms with Crippen LogP contribution in [-0.4, -0.2) is 20.3 Å². The Morgan fingerprint density at radius 2 is 2.18 bits per heavy atom. The van der Waals surface area contributed by atoms with Crippen LogP contribution in [0.3, 0.4) is 0 Å². The molecular formula is C14H19NO2. The number of rotatable bonds is 6. The van der Waals surface area contributed by atoms with E-state index in [2.05, 4.69) is 24.1 Å². The van der Waals surface area contributed by atoms with Crippen molar-refractivity contribution in [3.63, 3.8) is 0 Å². The van der Waals surface area contributed by atoms with Gasteiger partial charge >= 0.3 is 0 Å². The van der Waals surface area contributed by atoms with Crippen LogP contribution < -0.4 is 14.8 Å². The van der Waals surface area contributed by atoms with Crippen molar-refractivity contribution in [1.82, 2.24) is 5.32 Å². The summed E-state index contributed by atoms with van der Waals surface area (Å²) >= 11 is 0. The minimum Gasteiger partial charge on any atom is -0.497 e. The lowest BCUT2D eigenvalue weighted by Crippen LogP contribution is -2.13. The second-order valence-electron chi connectivity index (χ2n) is 3.47. The molecule has 1 aromatic rings. The first-order valence-corrected chi connectivity index (χ1v) is 5.71. The molecule has 0 spiro atoms. The third kappa shape index (κ3) is 4.38. The highest BCUT2D eigenvalue weighted by molar-refractivity contribution is 5.40. The molecule has 0 heterocycles. The van der Waals surface area contributed by atoms with Gasteiger partial charge in [0.1, 0.15) is 18.1 Å². The minimum absolute atomic E-state index is 0.419. The summed E-state index contributed by atoms with van der Waals surface area (Å²) < 4.78 is 10.8. The summed E-state index contributed by atoms with van der Waals surface area (Å²) in [4.78, 5) is 0. The third-order valence-corrected chi connectivity index (χ3v) is 2.31. The zero-order valence-corrected chi connectivity index (χ0v) is 10.7. The lowest BCUT2D eigenvalue weighted by atomic mass is 10.2. The Kier molecular flexibility index (Phi) is 5.98. The van der Waals surface area contributed by atoms with Gasteiger partial charge in [-0.25, -0.2) is 0 Å². The fourth-order valence-electron chi connectivity index (χ4n) is 1.41. The molecule has 0 atom stereocenters. The molecule has 92 valence electrons. The van der Waals surface area contributed by atoms with E-state index in [1.807, 2.05) is 18.2 Å². The van der Waals surface area contributed by atoms with E-state index in [0.717, 1.165) is 30.2 Å². The summed E-state index contributed by atoms with van der Waals surface area (Å²) in [6, 6.07) is 5.80. The van der Waals surface area contributed by atoms with Crippen LogP contribution in [0.15, 0.2) is 18.2 Å². The molecule has 1 aromatic carbocycles. The topological polar surface area (TPSA) is 30.5 Å². The summed E-state index contributed by atoms with van der Waals surface area (Å²) in [7, 11) is 1.66. The number of nitrogens with one attached hydrogen (secondary N) is 1. The first-order chi connectivity index (χ1) is 8.31. The summed E-state index contributed by atoms with van der Waals surface area (Å²) in [5, 5.41) is 3.28. The maximum absolute atomic E-state index is 5.60. The molecule has 0 aliphatic rings. The van der Waals surface area contributed by atoms with E-state index in [9.17, 15) is 0 Å². The predicted molar refractivity (Wildman–Crippen MR) is 69.3 cm³/mol. The van der Waals surface area contributed by atoms with Crippen molar-refractivity contribution in [1.29, 1.82) is 0 Å². The maximum Gasteiger partial charge on any atom is 0.149 e. The molecule has 0 aromatic heterocycles. The number of hydrogen-bond acceptors (Lipinski definition) is 3. The molecule has 3 heteroatoms. The van der Waals surface area contributed by atoms with Gasteiger partial charge in [0, 0.05) is 12.1 Å². The van der Waals surface area contributed by atoms with Crippen molar-refractivity contribution in [3.8, 4) is 23.3 Å². The van der Waals surface area contributed by atoms with Crippen LogP contribution in [0, 0.1) is 11.8 Å². The Labute approximate surface area is 103 Å². The predicted octanol–water partition coefficient (Wildman–Crippen LogP) is 2.21. The van der Waals surface area contributed by atoms with E-state index in [1.165, 1.54) is 0 Å². The normalized spacial score (nSPS) is 9.35. The third-order valence-electron chi connectivity index (χ3n) is 2.31. The molecular weight excluding hydrogens is 214 g/mol. The molecule has 0 saturated heterocycles. The van der Waals surface area contributed by atoms with Crippen molar-refractivity contribution in [2.24, 2.45) is 0 Å². The van der Waals surface area contributed by atoms with Crippen LogP contribution in [0.1, 0.15) is 19.4 Å². The zero-order chi connectivity index (χ0) is 12.5. The quantitative estimate of drug-likeness (QED) is 0.764. The van der Waals surface area contributed by atoms with E-state index < -0.39 is 0 Å². The van der Waals surface area contributed by atoms with E-state index in [-0.39, 0.29) is 0 Å². The van der Waals surface area contributed by atoms with Crippen molar-refractivity contribution < 1.29 is 9.47 Å². The SMILES string of the molecule is CC#CCOc1ccc(OC)cc1CNCC. The monoisotopic (exact) mass is 233 g/mol. The van der Waals surface area contributed by atoms with Crippen LogP contribution >= 0.6 is 0 Å². The lowest BCUT2D eigenvalue weighted by Gasteiger charge is -2.11. The largest absolute Gasteiger partial charge is 0.497 e. The Bertz CT molecular complexity index is 404. The van der Waals surface area contributed by atoms with Gasteiger partial charge in [-0.3, -0.25) is 0 Å². The van der Waals surface area contributed by atoms with E-state index in [0.29, 0.717) is 6.61 Å². The lowest BCUT2D eigenvalue weighted by molar-refractivity contribution is 0.362. The average Bonchev–Trinajstić information content (AvgIpc) is 2.37. The molecule has 0 aliphatic heterocycles. The number of hydrogen-bond donors (Lipinski definition) is 1. The van der Waals surface area contributed by atoms with Crippen LogP contribution in [0.2, 0.25) is 0 Å². The Balaban J connectivity index is 2.80. The Hall–Kier alpha value is -1.66. The van der Waals surface area contributed by atoms with Gasteiger partial charge < -0.3 is 14.8 Å². The number of ether oxygens (including phenoxy) is 2. The number of methoxy groups -OCH3 is 1. The molecule has 17 heavy (non-hydrogen) atoms. The van der Waals surface area contributed by atoms with Crippen molar-refractivity contribution in [2.45, 2.75) is 20.4 Å². The second-order valence-corrected chi connectivity index (χ2v) is 3.47. The first kappa shape index (κ1) is 13.4. The fourth-order valence-corrected chi connectivity index (χ4v) is 1.41. The van der Waals surface area contributed by atoms with Gasteiger partial charge in [0.05, 0.1) is 7.11 Å².